The molecule has 2 N–H and O–H groups in total. The van der Waals surface area contributed by atoms with Crippen LogP contribution >= 0.6 is 0 Å². The van der Waals surface area contributed by atoms with Crippen LogP contribution in [-0.4, -0.2) is 48.2 Å². The molecule has 3 amide bonds. The number of aliphatic hydroxyl groups is 1. The standard InChI is InChI=1S/C20H23N3O3/c1-22(17-9-3-2-4-10-17)19(25)15-7-5-8-16(13-15)21-20(26)23-12-6-11-18(24)14-23/h2-5,7-10,13,18,24H,6,11-12,14H2,1H3,(H,21,26). The second-order valence-corrected chi connectivity index (χ2v) is 6.45. The number of nitrogens with zero attached hydrogens (tertiary/aromatic N) is 2. The van der Waals surface area contributed by atoms with Gasteiger partial charge in [-0.15, -0.1) is 0 Å². The highest BCUT2D eigenvalue weighted by molar-refractivity contribution is 6.06. The molecule has 0 radical (unpaired) electrons. The summed E-state index contributed by atoms with van der Waals surface area (Å²) in [6.07, 6.45) is 1.04. The number of rotatable bonds is 3. The number of likely N-dealkylation sites (tertiary alicyclic amines) is 1. The van der Waals surface area contributed by atoms with Crippen LogP contribution in [0.2, 0.25) is 0 Å². The van der Waals surface area contributed by atoms with Gasteiger partial charge < -0.3 is 20.2 Å². The Labute approximate surface area is 153 Å². The Hall–Kier alpha value is -2.86. The van der Waals surface area contributed by atoms with E-state index in [0.29, 0.717) is 24.3 Å². The molecule has 0 spiro atoms. The first kappa shape index (κ1) is 17.9. The third-order valence-electron chi connectivity index (χ3n) is 4.49. The summed E-state index contributed by atoms with van der Waals surface area (Å²) < 4.78 is 0. The molecule has 2 aromatic rings. The Morgan fingerprint density at radius 3 is 2.65 bits per heavy atom. The van der Waals surface area contributed by atoms with Crippen molar-refractivity contribution >= 4 is 23.3 Å². The molecular formula is C20H23N3O3. The number of carbonyl (C=O) groups excluding carboxylic acids is 2. The van der Waals surface area contributed by atoms with Gasteiger partial charge in [-0.25, -0.2) is 4.79 Å². The molecule has 0 aliphatic carbocycles. The first-order valence-corrected chi connectivity index (χ1v) is 8.72. The Bertz CT molecular complexity index is 779. The number of piperidine rings is 1. The molecule has 1 aliphatic heterocycles. The fourth-order valence-electron chi connectivity index (χ4n) is 3.03. The second kappa shape index (κ2) is 8.01. The monoisotopic (exact) mass is 353 g/mol. The van der Waals surface area contributed by atoms with E-state index in [2.05, 4.69) is 5.32 Å². The van der Waals surface area contributed by atoms with E-state index in [4.69, 9.17) is 0 Å². The lowest BCUT2D eigenvalue weighted by Gasteiger charge is -2.30. The molecule has 26 heavy (non-hydrogen) atoms. The predicted molar refractivity (Wildman–Crippen MR) is 101 cm³/mol. The molecule has 1 unspecified atom stereocenters. The Morgan fingerprint density at radius 1 is 1.15 bits per heavy atom. The summed E-state index contributed by atoms with van der Waals surface area (Å²) in [7, 11) is 1.72. The van der Waals surface area contributed by atoms with Crippen LogP contribution in [0.15, 0.2) is 54.6 Å². The number of aliphatic hydroxyl groups excluding tert-OH is 1. The number of benzene rings is 2. The van der Waals surface area contributed by atoms with Gasteiger partial charge in [-0.2, -0.15) is 0 Å². The summed E-state index contributed by atoms with van der Waals surface area (Å²) in [6.45, 7) is 0.958. The van der Waals surface area contributed by atoms with Crippen LogP contribution in [0, 0.1) is 0 Å². The molecule has 0 saturated carbocycles. The predicted octanol–water partition coefficient (Wildman–Crippen LogP) is 2.95. The van der Waals surface area contributed by atoms with Crippen molar-refractivity contribution in [1.82, 2.24) is 4.90 Å². The zero-order chi connectivity index (χ0) is 18.5. The van der Waals surface area contributed by atoms with Gasteiger partial charge >= 0.3 is 6.03 Å². The van der Waals surface area contributed by atoms with Crippen LogP contribution in [0.4, 0.5) is 16.2 Å². The molecule has 1 aliphatic rings. The Balaban J connectivity index is 1.69. The average molecular weight is 353 g/mol. The number of amides is 3. The molecule has 6 heteroatoms. The van der Waals surface area contributed by atoms with E-state index < -0.39 is 6.10 Å². The van der Waals surface area contributed by atoms with Crippen LogP contribution in [-0.2, 0) is 0 Å². The van der Waals surface area contributed by atoms with Gasteiger partial charge in [0.1, 0.15) is 0 Å². The highest BCUT2D eigenvalue weighted by Crippen LogP contribution is 2.18. The number of hydrogen-bond acceptors (Lipinski definition) is 3. The molecule has 3 rings (SSSR count). The van der Waals surface area contributed by atoms with Crippen LogP contribution in [0.1, 0.15) is 23.2 Å². The molecule has 1 saturated heterocycles. The zero-order valence-corrected chi connectivity index (χ0v) is 14.8. The van der Waals surface area contributed by atoms with E-state index in [0.717, 1.165) is 18.5 Å². The highest BCUT2D eigenvalue weighted by Gasteiger charge is 2.22. The van der Waals surface area contributed by atoms with Gasteiger partial charge in [-0.1, -0.05) is 24.3 Å². The molecule has 0 aromatic heterocycles. The van der Waals surface area contributed by atoms with Crippen molar-refractivity contribution in [1.29, 1.82) is 0 Å². The number of β-amino-alcohol motifs (C(OH)–C–C–N with tert-alkyl or cyclic N) is 1. The van der Waals surface area contributed by atoms with Gasteiger partial charge in [0.05, 0.1) is 6.10 Å². The topological polar surface area (TPSA) is 72.9 Å². The van der Waals surface area contributed by atoms with Crippen molar-refractivity contribution in [2.24, 2.45) is 0 Å². The quantitative estimate of drug-likeness (QED) is 0.891. The van der Waals surface area contributed by atoms with E-state index in [1.54, 1.807) is 41.1 Å². The zero-order valence-electron chi connectivity index (χ0n) is 14.8. The summed E-state index contributed by atoms with van der Waals surface area (Å²) in [4.78, 5) is 28.2. The van der Waals surface area contributed by atoms with Crippen LogP contribution in [0.3, 0.4) is 0 Å². The molecule has 136 valence electrons. The van der Waals surface area contributed by atoms with Gasteiger partial charge in [-0.3, -0.25) is 4.79 Å². The fourth-order valence-corrected chi connectivity index (χ4v) is 3.03. The van der Waals surface area contributed by atoms with Crippen LogP contribution < -0.4 is 10.2 Å². The van der Waals surface area contributed by atoms with E-state index in [9.17, 15) is 14.7 Å². The number of urea groups is 1. The van der Waals surface area contributed by atoms with Crippen molar-refractivity contribution < 1.29 is 14.7 Å². The highest BCUT2D eigenvalue weighted by atomic mass is 16.3. The van der Waals surface area contributed by atoms with Gasteiger partial charge in [0.25, 0.3) is 5.91 Å². The smallest absolute Gasteiger partial charge is 0.321 e. The lowest BCUT2D eigenvalue weighted by molar-refractivity contribution is 0.0883. The maximum Gasteiger partial charge on any atom is 0.321 e. The van der Waals surface area contributed by atoms with Crippen molar-refractivity contribution in [2.45, 2.75) is 18.9 Å². The van der Waals surface area contributed by atoms with Crippen molar-refractivity contribution in [2.75, 3.05) is 30.4 Å². The summed E-state index contributed by atoms with van der Waals surface area (Å²) in [6, 6.07) is 16.0. The third kappa shape index (κ3) is 4.21. The van der Waals surface area contributed by atoms with Gasteiger partial charge in [0.15, 0.2) is 0 Å². The van der Waals surface area contributed by atoms with Crippen molar-refractivity contribution in [3.8, 4) is 0 Å². The minimum absolute atomic E-state index is 0.152. The Kier molecular flexibility index (Phi) is 5.53. The second-order valence-electron chi connectivity index (χ2n) is 6.45. The van der Waals surface area contributed by atoms with Gasteiger partial charge in [0, 0.05) is 37.1 Å². The number of carbonyl (C=O) groups is 2. The van der Waals surface area contributed by atoms with Crippen LogP contribution in [0.25, 0.3) is 0 Å². The lowest BCUT2D eigenvalue weighted by atomic mass is 10.1. The minimum atomic E-state index is -0.470. The summed E-state index contributed by atoms with van der Waals surface area (Å²) in [5, 5.41) is 12.5. The average Bonchev–Trinajstić information content (AvgIpc) is 2.67. The lowest BCUT2D eigenvalue weighted by Crippen LogP contribution is -2.44. The third-order valence-corrected chi connectivity index (χ3v) is 4.49. The van der Waals surface area contributed by atoms with Crippen molar-refractivity contribution in [3.05, 3.63) is 60.2 Å². The molecule has 1 atom stereocenters. The summed E-state index contributed by atoms with van der Waals surface area (Å²) in [5.41, 5.74) is 1.85. The Morgan fingerprint density at radius 2 is 1.92 bits per heavy atom. The first-order chi connectivity index (χ1) is 12.5. The fraction of sp³-hybridized carbons (Fsp3) is 0.300. The van der Waals surface area contributed by atoms with E-state index >= 15 is 0 Å². The molecule has 2 aromatic carbocycles. The SMILES string of the molecule is CN(C(=O)c1cccc(NC(=O)N2CCCC(O)C2)c1)c1ccccc1. The molecule has 1 fully saturated rings. The molecule has 1 heterocycles. The number of anilines is 2. The maximum absolute atomic E-state index is 12.7. The van der Waals surface area contributed by atoms with E-state index in [1.165, 1.54) is 0 Å². The van der Waals surface area contributed by atoms with Gasteiger partial charge in [-0.05, 0) is 43.2 Å². The summed E-state index contributed by atoms with van der Waals surface area (Å²) in [5.74, 6) is -0.152. The molecule has 0 bridgehead atoms. The maximum atomic E-state index is 12.7. The molecule has 6 nitrogen and oxygen atoms in total. The van der Waals surface area contributed by atoms with E-state index in [-0.39, 0.29) is 11.9 Å². The van der Waals surface area contributed by atoms with Gasteiger partial charge in [0.2, 0.25) is 0 Å². The number of nitrogens with one attached hydrogen (secondary N) is 1. The molecular weight excluding hydrogens is 330 g/mol. The largest absolute Gasteiger partial charge is 0.391 e. The summed E-state index contributed by atoms with van der Waals surface area (Å²) >= 11 is 0. The number of para-hydroxylation sites is 1. The first-order valence-electron chi connectivity index (χ1n) is 8.72. The van der Waals surface area contributed by atoms with E-state index in [1.807, 2.05) is 30.3 Å². The normalized spacial score (nSPS) is 16.8. The number of hydrogen-bond donors (Lipinski definition) is 2. The van der Waals surface area contributed by atoms with Crippen molar-refractivity contribution in [3.63, 3.8) is 0 Å². The minimum Gasteiger partial charge on any atom is -0.391 e. The van der Waals surface area contributed by atoms with Crippen LogP contribution in [0.5, 0.6) is 0 Å².